The van der Waals surface area contributed by atoms with Gasteiger partial charge in [-0.25, -0.2) is 42.3 Å². The summed E-state index contributed by atoms with van der Waals surface area (Å²) in [5, 5.41) is 29.0. The summed E-state index contributed by atoms with van der Waals surface area (Å²) in [6, 6.07) is 33.3. The first-order valence-corrected chi connectivity index (χ1v) is 43.6. The topological polar surface area (TPSA) is 307 Å². The van der Waals surface area contributed by atoms with Gasteiger partial charge in [0.05, 0.1) is 26.4 Å². The fraction of sp³-hybridized carbons (Fsp3) is 0.313. The molecule has 0 fully saturated rings. The highest BCUT2D eigenvalue weighted by Gasteiger charge is 2.26. The van der Waals surface area contributed by atoms with Crippen LogP contribution in [-0.4, -0.2) is 158 Å². The van der Waals surface area contributed by atoms with Crippen LogP contribution in [0.25, 0.3) is 67.1 Å². The number of nitrogens with one attached hydrogen (secondary N) is 1. The molecule has 0 spiro atoms. The molecular weight excluding hydrogens is 1680 g/mol. The number of carboxylic acid groups (broad SMARTS) is 1. The monoisotopic (exact) mass is 1780 g/mol. The number of rotatable bonds is 32. The van der Waals surface area contributed by atoms with Crippen molar-refractivity contribution < 1.29 is 60.8 Å². The Balaban J connectivity index is 0.000000149. The molecular formula is C99H109F4N19O9. The standard InChI is InChI=1S/C26H30FN5O2.C25H28FN5O2.C24H26FN5O2.C24H25FN4O3/c1-6-7-20-15-28-24-11-8-18(16-32(20)24)22-14-19(27)9-10-23(22)34-13-12-21-17(2)31(5)29-25(21)26(33)30(3)4;1-5-6-19-14-28-23-10-7-17(15-31(19)23)21-13-18(26)8-9-22(21)33-12-11-20-16(2)30(4)29-24(20)25(32)27-3;1-4-5-18-13-27-22-9-6-16(14-30(18)22)20-12-17(25)7-8-21(20)32-11-10-19-15(2)29(3)28-23(19)24(26)31;1-4-5-18-13-26-22-9-6-16(14-29(18)22)20-12-17(25)7-8-21(20)32-11-10-19-15(2)28(3)27-23(19)24(30)31/h8-11,14-16H,6-7,12-13H2,1-5H3;7-10,13-15H,5-6,11-12H2,1-4H3,(H,27,32);6-9,12-14H,4-5,10-11H2,1-3H3,(H2,26,31);6-9,12-14H,4-5,10-11H2,1-3H3,(H,30,31). The second kappa shape index (κ2) is 42.0. The van der Waals surface area contributed by atoms with Crippen molar-refractivity contribution in [2.75, 3.05) is 47.6 Å². The molecule has 4 N–H and O–H groups in total. The Morgan fingerprint density at radius 3 is 0.908 bits per heavy atom. The summed E-state index contributed by atoms with van der Waals surface area (Å²) in [6.45, 7) is 17.2. The molecule has 0 aliphatic rings. The number of pyridine rings is 4. The summed E-state index contributed by atoms with van der Waals surface area (Å²) in [4.78, 5) is 67.3. The van der Waals surface area contributed by atoms with Crippen LogP contribution in [0.2, 0.25) is 0 Å². The lowest BCUT2D eigenvalue weighted by molar-refractivity contribution is 0.0687. The SMILES string of the molecule is CCCc1cnc2ccc(-c3cc(F)ccc3OCCc3c(C(=O)N(C)C)nn(C)c3C)cn12.CCCc1cnc2ccc(-c3cc(F)ccc3OCCc3c(C(=O)NC)nn(C)c3C)cn12.CCCc1cnc2ccc(-c3cc(F)ccc3OCCc3c(C(=O)O)nn(C)c3C)cn12.CCCc1cnc2ccc(-c3cc(F)ccc3OCCc3c(C(N)=O)nn(C)c3C)cn12. The highest BCUT2D eigenvalue weighted by atomic mass is 19.1. The molecule has 16 aromatic rings. The van der Waals surface area contributed by atoms with Crippen molar-refractivity contribution in [3.05, 3.63) is 285 Å². The highest BCUT2D eigenvalue weighted by Crippen LogP contribution is 2.38. The predicted octanol–water partition coefficient (Wildman–Crippen LogP) is 16.9. The van der Waals surface area contributed by atoms with Crippen LogP contribution in [0.1, 0.15) is 163 Å². The number of carbonyl (C=O) groups is 4. The number of amides is 3. The Labute approximate surface area is 756 Å². The zero-order valence-electron chi connectivity index (χ0n) is 76.4. The Morgan fingerprint density at radius 1 is 0.382 bits per heavy atom. The first-order valence-electron chi connectivity index (χ1n) is 43.6. The van der Waals surface area contributed by atoms with Gasteiger partial charge >= 0.3 is 5.97 Å². The molecule has 0 saturated heterocycles. The van der Waals surface area contributed by atoms with Gasteiger partial charge in [-0.05, 0) is 175 Å². The molecule has 0 aliphatic heterocycles. The van der Waals surface area contributed by atoms with Crippen molar-refractivity contribution in [1.82, 2.24) is 86.9 Å². The zero-order chi connectivity index (χ0) is 93.6. The average molecular weight is 1790 g/mol. The maximum Gasteiger partial charge on any atom is 0.356 e. The molecule has 32 heteroatoms. The second-order valence-corrected chi connectivity index (χ2v) is 32.1. The quantitative estimate of drug-likeness (QED) is 0.0330. The van der Waals surface area contributed by atoms with Gasteiger partial charge in [-0.3, -0.25) is 33.1 Å². The van der Waals surface area contributed by atoms with Crippen molar-refractivity contribution in [2.24, 2.45) is 33.9 Å². The Kier molecular flexibility index (Phi) is 30.1. The summed E-state index contributed by atoms with van der Waals surface area (Å²) in [6.07, 6.45) is 24.9. The minimum absolute atomic E-state index is 0.0296. The lowest BCUT2D eigenvalue weighted by atomic mass is 10.1. The van der Waals surface area contributed by atoms with E-state index in [4.69, 9.17) is 24.7 Å². The number of imidazole rings is 4. The van der Waals surface area contributed by atoms with Crippen LogP contribution in [0.3, 0.4) is 0 Å². The number of hydrogen-bond donors (Lipinski definition) is 3. The molecule has 131 heavy (non-hydrogen) atoms. The number of aryl methyl sites for hydroxylation is 8. The highest BCUT2D eigenvalue weighted by molar-refractivity contribution is 5.95. The number of nitrogens with two attached hydrogens (primary N) is 1. The van der Waals surface area contributed by atoms with Gasteiger partial charge in [-0.2, -0.15) is 20.4 Å². The Morgan fingerprint density at radius 2 is 0.641 bits per heavy atom. The smallest absolute Gasteiger partial charge is 0.356 e. The largest absolute Gasteiger partial charge is 0.493 e. The summed E-state index contributed by atoms with van der Waals surface area (Å²) in [7, 11) is 12.1. The normalized spacial score (nSPS) is 11.2. The number of carboxylic acids is 1. The number of fused-ring (bicyclic) bond motifs is 4. The third-order valence-corrected chi connectivity index (χ3v) is 23.1. The summed E-state index contributed by atoms with van der Waals surface area (Å²) < 4.78 is 95.6. The number of benzene rings is 4. The molecule has 3 amide bonds. The van der Waals surface area contributed by atoms with Gasteiger partial charge in [0, 0.05) is 237 Å². The van der Waals surface area contributed by atoms with Gasteiger partial charge in [0.15, 0.2) is 22.8 Å². The summed E-state index contributed by atoms with van der Waals surface area (Å²) >= 11 is 0. The van der Waals surface area contributed by atoms with E-state index in [1.165, 1.54) is 53.4 Å². The third kappa shape index (κ3) is 21.3. The minimum Gasteiger partial charge on any atom is -0.493 e. The van der Waals surface area contributed by atoms with E-state index in [-0.39, 0.29) is 53.1 Å². The molecule has 4 aromatic carbocycles. The molecule has 0 radical (unpaired) electrons. The molecule has 16 rings (SSSR count). The zero-order valence-corrected chi connectivity index (χ0v) is 76.4. The van der Waals surface area contributed by atoms with Gasteiger partial charge in [0.1, 0.15) is 68.9 Å². The maximum atomic E-state index is 14.2. The lowest BCUT2D eigenvalue weighted by Crippen LogP contribution is -2.23. The number of halogens is 4. The van der Waals surface area contributed by atoms with Crippen molar-refractivity contribution in [3.63, 3.8) is 0 Å². The van der Waals surface area contributed by atoms with E-state index in [0.717, 1.165) is 158 Å². The molecule has 682 valence electrons. The molecule has 0 saturated carbocycles. The molecule has 12 aromatic heterocycles. The van der Waals surface area contributed by atoms with Gasteiger partial charge < -0.3 is 57.6 Å². The number of carbonyl (C=O) groups excluding carboxylic acids is 3. The van der Waals surface area contributed by atoms with Crippen LogP contribution in [0, 0.1) is 51.0 Å². The van der Waals surface area contributed by atoms with Crippen molar-refractivity contribution in [3.8, 4) is 67.5 Å². The number of primary amides is 1. The lowest BCUT2D eigenvalue weighted by Gasteiger charge is -2.14. The van der Waals surface area contributed by atoms with Crippen LogP contribution in [0.4, 0.5) is 17.6 Å². The number of ether oxygens (including phenoxy) is 4. The summed E-state index contributed by atoms with van der Waals surface area (Å²) in [5.74, 6) is -1.11. The van der Waals surface area contributed by atoms with Gasteiger partial charge in [0.25, 0.3) is 17.7 Å². The predicted molar refractivity (Wildman–Crippen MR) is 494 cm³/mol. The maximum absolute atomic E-state index is 14.2. The van der Waals surface area contributed by atoms with E-state index in [1.807, 2.05) is 157 Å². The first-order chi connectivity index (χ1) is 63.0. The Hall–Kier alpha value is -14.7. The first kappa shape index (κ1) is 93.9. The van der Waals surface area contributed by atoms with Gasteiger partial charge in [-0.15, -0.1) is 0 Å². The van der Waals surface area contributed by atoms with Crippen molar-refractivity contribution in [1.29, 1.82) is 0 Å². The van der Waals surface area contributed by atoms with Gasteiger partial charge in [0.2, 0.25) is 0 Å². The van der Waals surface area contributed by atoms with Crippen LogP contribution in [0.15, 0.2) is 171 Å². The van der Waals surface area contributed by atoms with E-state index >= 15 is 0 Å². The molecule has 0 aliphatic carbocycles. The second-order valence-electron chi connectivity index (χ2n) is 32.1. The number of nitrogens with zero attached hydrogens (tertiary/aromatic N) is 17. The molecule has 0 bridgehead atoms. The fourth-order valence-electron chi connectivity index (χ4n) is 15.9. The molecule has 0 atom stereocenters. The summed E-state index contributed by atoms with van der Waals surface area (Å²) in [5.41, 5.74) is 26.9. The van der Waals surface area contributed by atoms with Crippen LogP contribution in [-0.2, 0) is 79.6 Å². The van der Waals surface area contributed by atoms with E-state index in [0.29, 0.717) is 108 Å². The van der Waals surface area contributed by atoms with E-state index in [2.05, 4.69) is 73.3 Å². The van der Waals surface area contributed by atoms with Crippen LogP contribution < -0.4 is 30.0 Å². The molecule has 28 nitrogen and oxygen atoms in total. The van der Waals surface area contributed by atoms with Gasteiger partial charge in [-0.1, -0.05) is 53.4 Å². The molecule has 0 unspecified atom stereocenters. The van der Waals surface area contributed by atoms with Crippen LogP contribution in [0.5, 0.6) is 23.0 Å². The van der Waals surface area contributed by atoms with E-state index in [1.54, 1.807) is 78.2 Å². The number of hydrogen-bond acceptors (Lipinski definition) is 16. The minimum atomic E-state index is -1.07. The molecule has 12 heterocycles. The number of aromatic nitrogens is 16. The van der Waals surface area contributed by atoms with Crippen LogP contribution >= 0.6 is 0 Å². The number of aromatic carboxylic acids is 1. The third-order valence-electron chi connectivity index (χ3n) is 23.1. The van der Waals surface area contributed by atoms with E-state index in [9.17, 15) is 41.8 Å². The Bertz CT molecular complexity index is 6640. The van der Waals surface area contributed by atoms with Crippen molar-refractivity contribution >= 4 is 46.3 Å². The van der Waals surface area contributed by atoms with E-state index < -0.39 is 11.9 Å². The average Bonchev–Trinajstić information content (AvgIpc) is 1.65. The fourth-order valence-corrected chi connectivity index (χ4v) is 15.9. The van der Waals surface area contributed by atoms with Crippen molar-refractivity contribution in [2.45, 2.75) is 132 Å².